The number of para-hydroxylation sites is 1. The van der Waals surface area contributed by atoms with E-state index in [9.17, 15) is 41.1 Å². The van der Waals surface area contributed by atoms with Crippen LogP contribution in [-0.2, 0) is 29.8 Å². The van der Waals surface area contributed by atoms with Crippen LogP contribution in [-0.4, -0.2) is 235 Å². The summed E-state index contributed by atoms with van der Waals surface area (Å²) in [6, 6.07) is 55.8. The van der Waals surface area contributed by atoms with E-state index in [0.29, 0.717) is 109 Å². The molecule has 5 atom stereocenters. The Labute approximate surface area is 840 Å². The summed E-state index contributed by atoms with van der Waals surface area (Å²) in [6.07, 6.45) is -2.94. The minimum absolute atomic E-state index is 0.00115. The number of aryl methyl sites for hydroxylation is 8. The second kappa shape index (κ2) is 44.4. The van der Waals surface area contributed by atoms with Crippen LogP contribution in [0, 0.1) is 55.4 Å². The lowest BCUT2D eigenvalue weighted by Gasteiger charge is -2.22. The van der Waals surface area contributed by atoms with Crippen LogP contribution in [0.15, 0.2) is 188 Å². The zero-order valence-electron chi connectivity index (χ0n) is 84.2. The summed E-state index contributed by atoms with van der Waals surface area (Å²) in [4.78, 5) is 77.2. The lowest BCUT2D eigenvalue weighted by atomic mass is 10.1. The number of ether oxygens (including phenoxy) is 10. The van der Waals surface area contributed by atoms with Gasteiger partial charge in [0.2, 0.25) is 0 Å². The van der Waals surface area contributed by atoms with Crippen molar-refractivity contribution in [3.63, 3.8) is 0 Å². The monoisotopic (exact) mass is 2000 g/mol. The number of hydrogen-bond acceptors (Lipinski definition) is 26. The zero-order valence-corrected chi connectivity index (χ0v) is 84.2. The summed E-state index contributed by atoms with van der Waals surface area (Å²) in [5.41, 5.74) is 20.4. The van der Waals surface area contributed by atoms with Crippen molar-refractivity contribution < 1.29 is 88.5 Å². The molecule has 146 heavy (non-hydrogen) atoms. The summed E-state index contributed by atoms with van der Waals surface area (Å²) in [5, 5.41) is 29.9. The first-order valence-corrected chi connectivity index (χ1v) is 47.6. The lowest BCUT2D eigenvalue weighted by Crippen LogP contribution is -2.45. The fourth-order valence-corrected chi connectivity index (χ4v) is 19.1. The molecule has 0 bridgehead atoms. The Morgan fingerprint density at radius 2 is 0.637 bits per heavy atom. The van der Waals surface area contributed by atoms with Gasteiger partial charge in [-0.15, -0.1) is 0 Å². The summed E-state index contributed by atoms with van der Waals surface area (Å²) in [6.45, 7) is 20.1. The molecule has 4 N–H and O–H groups in total. The maximum Gasteiger partial charge on any atom is 0.471 e. The predicted octanol–water partition coefficient (Wildman–Crippen LogP) is 15.7. The van der Waals surface area contributed by atoms with Crippen LogP contribution in [0.25, 0.3) is 67.6 Å². The van der Waals surface area contributed by atoms with Gasteiger partial charge in [0.25, 0.3) is 17.7 Å². The smallest absolute Gasteiger partial charge is 0.471 e. The van der Waals surface area contributed by atoms with E-state index in [1.807, 2.05) is 209 Å². The van der Waals surface area contributed by atoms with Crippen molar-refractivity contribution in [1.82, 2.24) is 79.7 Å². The Morgan fingerprint density at radius 1 is 0.349 bits per heavy atom. The number of halogens is 5. The number of amides is 4. The van der Waals surface area contributed by atoms with Crippen molar-refractivity contribution in [2.24, 2.45) is 0 Å². The van der Waals surface area contributed by atoms with Crippen molar-refractivity contribution >= 4 is 69.0 Å². The normalized spacial score (nSPS) is 15.8. The standard InChI is InChI=1S/C29H33N5O4.C28H29F2N5O3.C28H31N5O4.C22H24F3N5O3/c1-18-15-23(33-14-13-22(17-33)31-29(35)27(38-5)20-9-7-6-8-10-20)28-30-19(2)26(34(28)32-18)21-11-12-24(36-3)25(16-21)37-4;1-17-14-22(34-13-12-21(16-34)32-27(36)28(29,30)20-8-6-5-7-9-20)26-31-18(2)25(35(26)33-17)19-10-11-23(37-3)24(15-19)38-4;1-18-14-23(32-13-12-21(16-32)30-26(34)17-37-22-8-6-5-7-9-22)28-29-19(2)27(33(28)31-18)20-10-11-24(35-3)25(15-20)36-4;1-12-9-16(29-8-7-15(11-29)27-21(31)22(23,24)25)20-26-13(2)19(30(20)28-12)14-5-6-17(32-3)18(10-14)33-4/h6-12,15-16,22,27H,13-14,17H2,1-5H3,(H,31,35);5-11,14-15,21H,12-13,16H2,1-4H3,(H,32,36);5-11,14-15,21H,12-13,16-17H2,1-4H3,(H,30,34);5-6,9-10,15H,7-8,11H2,1-4H3,(H,27,31)/t22-,27+;2*21-;15-/m1111/s1. The van der Waals surface area contributed by atoms with Crippen molar-refractivity contribution in [1.29, 1.82) is 0 Å². The van der Waals surface area contributed by atoms with Gasteiger partial charge in [-0.2, -0.15) is 42.3 Å². The van der Waals surface area contributed by atoms with Crippen LogP contribution in [0.5, 0.6) is 51.7 Å². The first kappa shape index (κ1) is 103. The number of alkyl halides is 5. The number of methoxy groups -OCH3 is 9. The van der Waals surface area contributed by atoms with Gasteiger partial charge >= 0.3 is 18.0 Å². The van der Waals surface area contributed by atoms with Gasteiger partial charge < -0.3 is 88.2 Å². The number of nitrogens with one attached hydrogen (secondary N) is 4. The molecular weight excluding hydrogens is 1880 g/mol. The third-order valence-corrected chi connectivity index (χ3v) is 25.9. The Morgan fingerprint density at radius 3 is 0.938 bits per heavy atom. The molecule has 4 fully saturated rings. The minimum Gasteiger partial charge on any atom is -0.493 e. The first-order chi connectivity index (χ1) is 70.2. The molecule has 15 aromatic rings. The molecule has 8 aromatic heterocycles. The third-order valence-electron chi connectivity index (χ3n) is 25.9. The third kappa shape index (κ3) is 22.2. The van der Waals surface area contributed by atoms with E-state index in [0.717, 1.165) is 156 Å². The molecule has 34 nitrogen and oxygen atoms in total. The Hall–Kier alpha value is -16.1. The fraction of sp³-hybridized carbons (Fsp3) is 0.346. The molecule has 7 aromatic carbocycles. The van der Waals surface area contributed by atoms with E-state index in [1.54, 1.807) is 85.2 Å². The Bertz CT molecular complexity index is 7270. The quantitative estimate of drug-likeness (QED) is 0.0331. The number of anilines is 4. The molecule has 0 saturated carbocycles. The molecule has 4 saturated heterocycles. The summed E-state index contributed by atoms with van der Waals surface area (Å²) in [7, 11) is 14.4. The van der Waals surface area contributed by atoms with Gasteiger partial charge in [-0.25, -0.2) is 38.0 Å². The SMILES string of the molecule is COc1ccc(-c2c(C)nc3c(N4CC[C@@H](NC(=O)C(F)(F)F)C4)cc(C)nn23)cc1OC.COc1ccc(-c2c(C)nc3c(N4CC[C@@H](NC(=O)C(F)(F)c5ccccc5)C4)cc(C)nn23)cc1OC.COc1ccc(-c2c(C)nc3c(N4CC[C@@H](NC(=O)COc5ccccc5)C4)cc(C)nn23)cc1OC.COc1ccc(-c2c(C)nc3c(N4CC[C@@H](NC(=O)[C@@H](OC)c5ccccc5)C4)cc(C)nn23)cc1OC. The number of imidazole rings is 4. The number of fused-ring (bicyclic) bond motifs is 4. The number of benzene rings is 7. The number of carbonyl (C=O) groups is 4. The van der Waals surface area contributed by atoms with E-state index in [2.05, 4.69) is 53.2 Å². The predicted molar refractivity (Wildman–Crippen MR) is 544 cm³/mol. The van der Waals surface area contributed by atoms with Gasteiger partial charge in [-0.1, -0.05) is 78.9 Å². The Balaban J connectivity index is 0.000000139. The first-order valence-electron chi connectivity index (χ1n) is 47.6. The second-order valence-electron chi connectivity index (χ2n) is 35.9. The van der Waals surface area contributed by atoms with Crippen LogP contribution in [0.1, 0.15) is 88.5 Å². The molecule has 19 rings (SSSR count). The van der Waals surface area contributed by atoms with Gasteiger partial charge in [0.1, 0.15) is 5.75 Å². The molecule has 4 aliphatic rings. The number of rotatable bonds is 28. The largest absolute Gasteiger partial charge is 0.493 e. The maximum absolute atomic E-state index is 14.7. The van der Waals surface area contributed by atoms with Crippen molar-refractivity contribution in [3.05, 3.63) is 245 Å². The number of hydrogen-bond donors (Lipinski definition) is 4. The summed E-state index contributed by atoms with van der Waals surface area (Å²) >= 11 is 0. The highest BCUT2D eigenvalue weighted by Crippen LogP contribution is 2.43. The highest BCUT2D eigenvalue weighted by atomic mass is 19.4. The second-order valence-corrected chi connectivity index (χ2v) is 35.9. The maximum atomic E-state index is 14.7. The fourth-order valence-electron chi connectivity index (χ4n) is 19.1. The summed E-state index contributed by atoms with van der Waals surface area (Å²) in [5.74, 6) is -1.38. The van der Waals surface area contributed by atoms with E-state index in [1.165, 1.54) is 24.3 Å². The van der Waals surface area contributed by atoms with E-state index < -0.39 is 42.1 Å². The van der Waals surface area contributed by atoms with Crippen LogP contribution in [0.3, 0.4) is 0 Å². The molecular formula is C107H117F5N20O14. The highest BCUT2D eigenvalue weighted by Gasteiger charge is 2.44. The molecule has 39 heteroatoms. The van der Waals surface area contributed by atoms with Gasteiger partial charge in [-0.05, 0) is 196 Å². The van der Waals surface area contributed by atoms with E-state index in [4.69, 9.17) is 82.6 Å². The van der Waals surface area contributed by atoms with Crippen LogP contribution in [0.4, 0.5) is 44.7 Å². The average molecular weight is 2000 g/mol. The number of carbonyl (C=O) groups excluding carboxylic acids is 4. The van der Waals surface area contributed by atoms with Crippen LogP contribution < -0.4 is 83.5 Å². The van der Waals surface area contributed by atoms with Crippen molar-refractivity contribution in [2.45, 2.75) is 123 Å². The summed E-state index contributed by atoms with van der Waals surface area (Å²) < 4.78 is 129. The molecule has 12 heterocycles. The number of nitrogens with zero attached hydrogens (tertiary/aromatic N) is 16. The Kier molecular flexibility index (Phi) is 31.3. The molecule has 4 aliphatic heterocycles. The molecule has 0 unspecified atom stereocenters. The van der Waals surface area contributed by atoms with Crippen LogP contribution >= 0.6 is 0 Å². The number of aromatic nitrogens is 12. The van der Waals surface area contributed by atoms with Gasteiger partial charge in [0, 0.05) is 111 Å². The lowest BCUT2D eigenvalue weighted by molar-refractivity contribution is -0.174. The van der Waals surface area contributed by atoms with E-state index >= 15 is 0 Å². The molecule has 764 valence electrons. The van der Waals surface area contributed by atoms with Gasteiger partial charge in [0.05, 0.1) is 148 Å². The molecule has 0 aliphatic carbocycles. The minimum atomic E-state index is -4.90. The zero-order chi connectivity index (χ0) is 104. The van der Waals surface area contributed by atoms with Crippen molar-refractivity contribution in [2.75, 3.05) is 143 Å². The van der Waals surface area contributed by atoms with Gasteiger partial charge in [-0.3, -0.25) is 19.2 Å². The molecule has 4 amide bonds. The average Bonchev–Trinajstić information content (AvgIpc) is 1.61. The van der Waals surface area contributed by atoms with E-state index in [-0.39, 0.29) is 42.6 Å². The van der Waals surface area contributed by atoms with Crippen molar-refractivity contribution in [3.8, 4) is 96.8 Å². The molecule has 0 radical (unpaired) electrons. The van der Waals surface area contributed by atoms with Crippen LogP contribution in [0.2, 0.25) is 0 Å². The topological polar surface area (TPSA) is 342 Å². The molecule has 0 spiro atoms. The highest BCUT2D eigenvalue weighted by molar-refractivity contribution is 5.87. The van der Waals surface area contributed by atoms with Gasteiger partial charge in [0.15, 0.2) is 81.3 Å².